The molecule has 0 saturated carbocycles. The van der Waals surface area contributed by atoms with E-state index in [-0.39, 0.29) is 22.9 Å². The van der Waals surface area contributed by atoms with E-state index in [1.54, 1.807) is 44.4 Å². The van der Waals surface area contributed by atoms with Crippen LogP contribution in [0.4, 0.5) is 4.79 Å². The van der Waals surface area contributed by atoms with E-state index in [2.05, 4.69) is 0 Å². The van der Waals surface area contributed by atoms with Gasteiger partial charge in [0.1, 0.15) is 0 Å². The molecule has 2 N–H and O–H groups in total. The number of ketones is 1. The Morgan fingerprint density at radius 1 is 1.15 bits per heavy atom. The second kappa shape index (κ2) is 7.34. The van der Waals surface area contributed by atoms with Crippen molar-refractivity contribution < 1.29 is 19.1 Å². The molecule has 0 aliphatic carbocycles. The molecule has 0 aliphatic rings. The summed E-state index contributed by atoms with van der Waals surface area (Å²) in [6.07, 6.45) is 1.48. The molecule has 140 valence electrons. The number of nitrogens with two attached hydrogens (primary N) is 1. The van der Waals surface area contributed by atoms with Gasteiger partial charge in [-0.05, 0) is 24.3 Å². The van der Waals surface area contributed by atoms with Gasteiger partial charge in [-0.1, -0.05) is 6.07 Å². The molecule has 3 aromatic rings. The van der Waals surface area contributed by atoms with Crippen molar-refractivity contribution in [2.24, 2.45) is 5.73 Å². The minimum Gasteiger partial charge on any atom is -0.465 e. The third kappa shape index (κ3) is 3.24. The minimum atomic E-state index is -0.571. The van der Waals surface area contributed by atoms with Crippen molar-refractivity contribution in [3.8, 4) is 0 Å². The molecule has 27 heavy (non-hydrogen) atoms. The topological polar surface area (TPSA) is 94.6 Å². The summed E-state index contributed by atoms with van der Waals surface area (Å²) < 4.78 is 6.22. The number of benzene rings is 1. The van der Waals surface area contributed by atoms with E-state index in [9.17, 15) is 14.4 Å². The van der Waals surface area contributed by atoms with Crippen LogP contribution in [0.3, 0.4) is 0 Å². The number of carbonyl (C=O) groups excluding carboxylic acids is 3. The maximum atomic E-state index is 13.1. The Morgan fingerprint density at radius 3 is 2.48 bits per heavy atom. The number of thiophene rings is 1. The van der Waals surface area contributed by atoms with Gasteiger partial charge in [0.2, 0.25) is 5.78 Å². The SMILES string of the molecule is COC(=O)c1cccc2c1c(C(=O)c1ccc(CN)s1)cn2C(=O)N(C)C. The highest BCUT2D eigenvalue weighted by Gasteiger charge is 2.25. The van der Waals surface area contributed by atoms with Crippen molar-refractivity contribution in [2.45, 2.75) is 6.54 Å². The Labute approximate surface area is 159 Å². The van der Waals surface area contributed by atoms with Crippen molar-refractivity contribution in [3.63, 3.8) is 0 Å². The van der Waals surface area contributed by atoms with Crippen molar-refractivity contribution in [1.29, 1.82) is 0 Å². The van der Waals surface area contributed by atoms with Crippen LogP contribution in [0.1, 0.15) is 30.5 Å². The largest absolute Gasteiger partial charge is 0.465 e. The summed E-state index contributed by atoms with van der Waals surface area (Å²) in [5.41, 5.74) is 6.61. The van der Waals surface area contributed by atoms with Gasteiger partial charge in [-0.3, -0.25) is 9.36 Å². The molecule has 2 heterocycles. The Morgan fingerprint density at radius 2 is 1.89 bits per heavy atom. The summed E-state index contributed by atoms with van der Waals surface area (Å²) >= 11 is 1.29. The van der Waals surface area contributed by atoms with Crippen LogP contribution < -0.4 is 5.73 Å². The van der Waals surface area contributed by atoms with Crippen molar-refractivity contribution >= 4 is 40.0 Å². The summed E-state index contributed by atoms with van der Waals surface area (Å²) in [5, 5.41) is 0.396. The molecule has 0 unspecified atom stereocenters. The molecule has 0 radical (unpaired) electrons. The van der Waals surface area contributed by atoms with Crippen molar-refractivity contribution in [1.82, 2.24) is 9.47 Å². The molecule has 0 spiro atoms. The summed E-state index contributed by atoms with van der Waals surface area (Å²) in [5.74, 6) is -0.843. The Balaban J connectivity index is 2.28. The fourth-order valence-corrected chi connectivity index (χ4v) is 3.70. The first-order valence-electron chi connectivity index (χ1n) is 8.16. The summed E-state index contributed by atoms with van der Waals surface area (Å²) in [6, 6.07) is 8.10. The number of amides is 1. The lowest BCUT2D eigenvalue weighted by Gasteiger charge is -2.11. The number of nitrogens with zero attached hydrogens (tertiary/aromatic N) is 2. The first-order chi connectivity index (χ1) is 12.9. The third-order valence-electron chi connectivity index (χ3n) is 4.15. The van der Waals surface area contributed by atoms with E-state index in [0.717, 1.165) is 4.88 Å². The lowest BCUT2D eigenvalue weighted by Crippen LogP contribution is -2.26. The van der Waals surface area contributed by atoms with Crippen LogP contribution in [-0.4, -0.2) is 48.5 Å². The molecular formula is C19H19N3O4S. The Bertz CT molecular complexity index is 1050. The lowest BCUT2D eigenvalue weighted by atomic mass is 10.0. The molecule has 1 amide bonds. The second-order valence-corrected chi connectivity index (χ2v) is 7.25. The molecule has 0 fully saturated rings. The highest BCUT2D eigenvalue weighted by molar-refractivity contribution is 7.14. The summed E-state index contributed by atoms with van der Waals surface area (Å²) in [6.45, 7) is 0.340. The zero-order valence-corrected chi connectivity index (χ0v) is 16.0. The first-order valence-corrected chi connectivity index (χ1v) is 8.98. The molecule has 0 saturated heterocycles. The number of hydrogen-bond donors (Lipinski definition) is 1. The zero-order valence-electron chi connectivity index (χ0n) is 15.2. The number of methoxy groups -OCH3 is 1. The van der Waals surface area contributed by atoms with E-state index in [1.807, 2.05) is 0 Å². The van der Waals surface area contributed by atoms with Crippen LogP contribution in [-0.2, 0) is 11.3 Å². The Kier molecular flexibility index (Phi) is 5.11. The monoisotopic (exact) mass is 385 g/mol. The van der Waals surface area contributed by atoms with Gasteiger partial charge in [0.25, 0.3) is 0 Å². The normalized spacial score (nSPS) is 10.8. The van der Waals surface area contributed by atoms with Crippen molar-refractivity contribution in [3.05, 3.63) is 57.4 Å². The smallest absolute Gasteiger partial charge is 0.338 e. The molecule has 0 bridgehead atoms. The van der Waals surface area contributed by atoms with Crippen LogP contribution in [0.15, 0.2) is 36.5 Å². The third-order valence-corrected chi connectivity index (χ3v) is 5.26. The number of aromatic nitrogens is 1. The van der Waals surface area contributed by atoms with Crippen LogP contribution in [0.25, 0.3) is 10.9 Å². The predicted molar refractivity (Wildman–Crippen MR) is 103 cm³/mol. The van der Waals surface area contributed by atoms with E-state index < -0.39 is 5.97 Å². The lowest BCUT2D eigenvalue weighted by molar-refractivity contribution is 0.0603. The van der Waals surface area contributed by atoms with Gasteiger partial charge in [0.05, 0.1) is 28.6 Å². The second-order valence-electron chi connectivity index (χ2n) is 6.08. The summed E-state index contributed by atoms with van der Waals surface area (Å²) in [4.78, 5) is 40.7. The van der Waals surface area contributed by atoms with Gasteiger partial charge in [0, 0.05) is 37.1 Å². The molecule has 0 aliphatic heterocycles. The van der Waals surface area contributed by atoms with E-state index in [1.165, 1.54) is 34.1 Å². The van der Waals surface area contributed by atoms with E-state index in [4.69, 9.17) is 10.5 Å². The molecule has 7 nitrogen and oxygen atoms in total. The summed E-state index contributed by atoms with van der Waals surface area (Å²) in [7, 11) is 4.51. The van der Waals surface area contributed by atoms with Gasteiger partial charge < -0.3 is 15.4 Å². The molecule has 1 aromatic carbocycles. The molecule has 0 atom stereocenters. The highest BCUT2D eigenvalue weighted by Crippen LogP contribution is 2.30. The predicted octanol–water partition coefficient (Wildman–Crippen LogP) is 2.71. The maximum Gasteiger partial charge on any atom is 0.338 e. The molecule has 3 rings (SSSR count). The standard InChI is InChI=1S/C19H19N3O4S/c1-21(2)19(25)22-10-13(17(23)15-8-7-11(9-20)27-15)16-12(18(24)26-3)5-4-6-14(16)22/h4-8,10H,9,20H2,1-3H3. The average molecular weight is 385 g/mol. The van der Waals surface area contributed by atoms with Gasteiger partial charge in [0.15, 0.2) is 0 Å². The first kappa shape index (κ1) is 18.8. The highest BCUT2D eigenvalue weighted by atomic mass is 32.1. The molecule has 2 aromatic heterocycles. The zero-order chi connectivity index (χ0) is 19.7. The Hall–Kier alpha value is -2.97. The van der Waals surface area contributed by atoms with Crippen LogP contribution >= 0.6 is 11.3 Å². The molecular weight excluding hydrogens is 366 g/mol. The number of carbonyl (C=O) groups is 3. The fourth-order valence-electron chi connectivity index (χ4n) is 2.86. The van der Waals surface area contributed by atoms with Crippen LogP contribution in [0, 0.1) is 0 Å². The van der Waals surface area contributed by atoms with E-state index in [0.29, 0.717) is 22.3 Å². The minimum absolute atomic E-state index is 0.235. The quantitative estimate of drug-likeness (QED) is 0.550. The number of rotatable bonds is 4. The molecule has 8 heteroatoms. The van der Waals surface area contributed by atoms with E-state index >= 15 is 0 Å². The van der Waals surface area contributed by atoms with Gasteiger partial charge >= 0.3 is 12.0 Å². The van der Waals surface area contributed by atoms with Gasteiger partial charge in [-0.15, -0.1) is 11.3 Å². The van der Waals surface area contributed by atoms with Gasteiger partial charge in [-0.2, -0.15) is 0 Å². The van der Waals surface area contributed by atoms with Crippen LogP contribution in [0.2, 0.25) is 0 Å². The number of esters is 1. The number of fused-ring (bicyclic) bond motifs is 1. The maximum absolute atomic E-state index is 13.1. The van der Waals surface area contributed by atoms with Crippen LogP contribution in [0.5, 0.6) is 0 Å². The van der Waals surface area contributed by atoms with Crippen molar-refractivity contribution in [2.75, 3.05) is 21.2 Å². The fraction of sp³-hybridized carbons (Fsp3) is 0.211. The number of hydrogen-bond acceptors (Lipinski definition) is 6. The van der Waals surface area contributed by atoms with Gasteiger partial charge in [-0.25, -0.2) is 9.59 Å². The number of ether oxygens (including phenoxy) is 1. The average Bonchev–Trinajstić information content (AvgIpc) is 3.30.